The van der Waals surface area contributed by atoms with Crippen LogP contribution in [0.5, 0.6) is 5.75 Å². The molecule has 0 saturated heterocycles. The molecule has 58 valence electrons. The molecule has 0 amide bonds. The number of phenolic OH excluding ortho intramolecular Hbond substituents is 1. The molecule has 1 aromatic carbocycles. The van der Waals surface area contributed by atoms with Crippen molar-refractivity contribution in [3.8, 4) is 5.75 Å². The molecule has 3 nitrogen and oxygen atoms in total. The third-order valence-electron chi connectivity index (χ3n) is 1.29. The van der Waals surface area contributed by atoms with Gasteiger partial charge in [0.1, 0.15) is 5.75 Å². The van der Waals surface area contributed by atoms with E-state index in [1.165, 1.54) is 18.2 Å². The average molecular weight is 217 g/mol. The van der Waals surface area contributed by atoms with E-state index in [9.17, 15) is 0 Å². The second kappa shape index (κ2) is 3.25. The lowest BCUT2D eigenvalue weighted by Gasteiger charge is -2.03. The van der Waals surface area contributed by atoms with Gasteiger partial charge in [0, 0.05) is 0 Å². The standard InChI is InChI=1S/C6H6BBrO3/c8-6-4(7(10)11)2-1-3-5(6)9/h1-3,9-11H. The van der Waals surface area contributed by atoms with Gasteiger partial charge in [0.05, 0.1) is 4.47 Å². The summed E-state index contributed by atoms with van der Waals surface area (Å²) in [6, 6.07) is 4.50. The number of rotatable bonds is 1. The van der Waals surface area contributed by atoms with E-state index in [1.807, 2.05) is 0 Å². The lowest BCUT2D eigenvalue weighted by molar-refractivity contribution is 0.424. The molecule has 0 saturated carbocycles. The van der Waals surface area contributed by atoms with Crippen LogP contribution < -0.4 is 5.46 Å². The second-order valence-corrected chi connectivity index (χ2v) is 2.85. The van der Waals surface area contributed by atoms with Gasteiger partial charge in [-0.3, -0.25) is 0 Å². The van der Waals surface area contributed by atoms with E-state index in [4.69, 9.17) is 15.2 Å². The first-order valence-corrected chi connectivity index (χ1v) is 3.75. The Morgan fingerprint density at radius 3 is 2.36 bits per heavy atom. The number of halogens is 1. The van der Waals surface area contributed by atoms with Crippen LogP contribution in [0.3, 0.4) is 0 Å². The van der Waals surface area contributed by atoms with E-state index in [2.05, 4.69) is 15.9 Å². The highest BCUT2D eigenvalue weighted by atomic mass is 79.9. The zero-order chi connectivity index (χ0) is 8.43. The van der Waals surface area contributed by atoms with Crippen LogP contribution in [-0.2, 0) is 0 Å². The van der Waals surface area contributed by atoms with E-state index in [0.717, 1.165) is 0 Å². The molecule has 3 N–H and O–H groups in total. The summed E-state index contributed by atoms with van der Waals surface area (Å²) in [4.78, 5) is 0. The molecule has 5 heteroatoms. The van der Waals surface area contributed by atoms with Crippen LogP contribution >= 0.6 is 15.9 Å². The fourth-order valence-electron chi connectivity index (χ4n) is 0.737. The van der Waals surface area contributed by atoms with E-state index in [0.29, 0.717) is 4.47 Å². The lowest BCUT2D eigenvalue weighted by Crippen LogP contribution is -2.30. The first kappa shape index (κ1) is 8.58. The fraction of sp³-hybridized carbons (Fsp3) is 0. The quantitative estimate of drug-likeness (QED) is 0.572. The number of hydrogen-bond donors (Lipinski definition) is 3. The summed E-state index contributed by atoms with van der Waals surface area (Å²) in [5.41, 5.74) is 0.255. The monoisotopic (exact) mass is 216 g/mol. The van der Waals surface area contributed by atoms with Crippen molar-refractivity contribution in [2.24, 2.45) is 0 Å². The van der Waals surface area contributed by atoms with Crippen LogP contribution in [0.2, 0.25) is 0 Å². The van der Waals surface area contributed by atoms with E-state index < -0.39 is 7.12 Å². The van der Waals surface area contributed by atoms with Gasteiger partial charge in [0.2, 0.25) is 0 Å². The zero-order valence-electron chi connectivity index (χ0n) is 5.53. The third-order valence-corrected chi connectivity index (χ3v) is 2.15. The Labute approximate surface area is 72.6 Å². The summed E-state index contributed by atoms with van der Waals surface area (Å²) in [7, 11) is -1.56. The number of phenols is 1. The van der Waals surface area contributed by atoms with Crippen LogP contribution in [0.15, 0.2) is 22.7 Å². The van der Waals surface area contributed by atoms with Gasteiger partial charge in [-0.05, 0) is 27.5 Å². The topological polar surface area (TPSA) is 60.7 Å². The summed E-state index contributed by atoms with van der Waals surface area (Å²) in [5.74, 6) is -0.00407. The highest BCUT2D eigenvalue weighted by Gasteiger charge is 2.15. The van der Waals surface area contributed by atoms with Gasteiger partial charge in [-0.25, -0.2) is 0 Å². The van der Waals surface area contributed by atoms with Crippen molar-refractivity contribution >= 4 is 28.5 Å². The predicted molar refractivity (Wildman–Crippen MR) is 45.6 cm³/mol. The van der Waals surface area contributed by atoms with Crippen molar-refractivity contribution in [2.75, 3.05) is 0 Å². The van der Waals surface area contributed by atoms with Gasteiger partial charge in [-0.1, -0.05) is 12.1 Å². The fourth-order valence-corrected chi connectivity index (χ4v) is 1.21. The molecule has 0 aliphatic rings. The lowest BCUT2D eigenvalue weighted by atomic mass is 9.80. The number of benzene rings is 1. The molecule has 1 rings (SSSR count). The van der Waals surface area contributed by atoms with Crippen LogP contribution in [0.25, 0.3) is 0 Å². The van der Waals surface area contributed by atoms with Crippen molar-refractivity contribution in [3.05, 3.63) is 22.7 Å². The Balaban J connectivity index is 3.17. The Kier molecular flexibility index (Phi) is 2.54. The molecule has 0 heterocycles. The van der Waals surface area contributed by atoms with Gasteiger partial charge in [0.25, 0.3) is 0 Å². The average Bonchev–Trinajstić information content (AvgIpc) is 1.94. The van der Waals surface area contributed by atoms with Gasteiger partial charge in [-0.15, -0.1) is 0 Å². The van der Waals surface area contributed by atoms with Crippen LogP contribution in [0.4, 0.5) is 0 Å². The molecule has 0 atom stereocenters. The molecule has 0 fully saturated rings. The molecule has 1 aromatic rings. The van der Waals surface area contributed by atoms with Gasteiger partial charge < -0.3 is 15.2 Å². The molecular formula is C6H6BBrO3. The normalized spacial score (nSPS) is 9.73. The van der Waals surface area contributed by atoms with E-state index in [1.54, 1.807) is 0 Å². The maximum atomic E-state index is 9.08. The Morgan fingerprint density at radius 2 is 1.91 bits per heavy atom. The molecule has 0 spiro atoms. The van der Waals surface area contributed by atoms with E-state index in [-0.39, 0.29) is 11.2 Å². The van der Waals surface area contributed by atoms with Crippen molar-refractivity contribution < 1.29 is 15.2 Å². The molecule has 0 radical (unpaired) electrons. The van der Waals surface area contributed by atoms with Crippen LogP contribution in [-0.4, -0.2) is 22.3 Å². The minimum atomic E-state index is -1.56. The SMILES string of the molecule is OB(O)c1cccc(O)c1Br. The summed E-state index contributed by atoms with van der Waals surface area (Å²) in [5, 5.41) is 26.6. The highest BCUT2D eigenvalue weighted by Crippen LogP contribution is 2.20. The molecule has 0 aliphatic carbocycles. The Bertz CT molecular complexity index is 264. The maximum absolute atomic E-state index is 9.08. The van der Waals surface area contributed by atoms with Crippen molar-refractivity contribution in [1.29, 1.82) is 0 Å². The summed E-state index contributed by atoms with van der Waals surface area (Å²) >= 11 is 3.01. The van der Waals surface area contributed by atoms with Crippen molar-refractivity contribution in [2.45, 2.75) is 0 Å². The minimum Gasteiger partial charge on any atom is -0.507 e. The van der Waals surface area contributed by atoms with Gasteiger partial charge in [-0.2, -0.15) is 0 Å². The van der Waals surface area contributed by atoms with Gasteiger partial charge >= 0.3 is 7.12 Å². The van der Waals surface area contributed by atoms with Crippen molar-refractivity contribution in [3.63, 3.8) is 0 Å². The molecule has 0 bridgehead atoms. The summed E-state index contributed by atoms with van der Waals surface area (Å²) in [6.45, 7) is 0. The second-order valence-electron chi connectivity index (χ2n) is 2.05. The molecule has 0 unspecified atom stereocenters. The van der Waals surface area contributed by atoms with Crippen molar-refractivity contribution in [1.82, 2.24) is 0 Å². The molecular weight excluding hydrogens is 211 g/mol. The molecule has 11 heavy (non-hydrogen) atoms. The zero-order valence-corrected chi connectivity index (χ0v) is 7.12. The molecule has 0 aliphatic heterocycles. The Morgan fingerprint density at radius 1 is 1.27 bits per heavy atom. The third kappa shape index (κ3) is 1.74. The van der Waals surface area contributed by atoms with Crippen LogP contribution in [0, 0.1) is 0 Å². The smallest absolute Gasteiger partial charge is 0.489 e. The number of aromatic hydroxyl groups is 1. The summed E-state index contributed by atoms with van der Waals surface area (Å²) < 4.78 is 0.315. The maximum Gasteiger partial charge on any atom is 0.489 e. The van der Waals surface area contributed by atoms with E-state index >= 15 is 0 Å². The first-order chi connectivity index (χ1) is 5.13. The largest absolute Gasteiger partial charge is 0.507 e. The molecule has 0 aromatic heterocycles. The summed E-state index contributed by atoms with van der Waals surface area (Å²) in [6.07, 6.45) is 0. The Hall–Kier alpha value is -0.515. The predicted octanol–water partition coefficient (Wildman–Crippen LogP) is -0.166. The highest BCUT2D eigenvalue weighted by molar-refractivity contribution is 9.10. The number of hydrogen-bond acceptors (Lipinski definition) is 3. The van der Waals surface area contributed by atoms with Gasteiger partial charge in [0.15, 0.2) is 0 Å². The minimum absolute atomic E-state index is 0.00407. The van der Waals surface area contributed by atoms with Crippen LogP contribution in [0.1, 0.15) is 0 Å². The first-order valence-electron chi connectivity index (χ1n) is 2.96.